The number of benzene rings is 4. The van der Waals surface area contributed by atoms with E-state index in [1.807, 2.05) is 33.6 Å². The second-order valence-corrected chi connectivity index (χ2v) is 35.0. The zero-order chi connectivity index (χ0) is 38.6. The van der Waals surface area contributed by atoms with E-state index in [1.165, 1.54) is 12.1 Å². The summed E-state index contributed by atoms with van der Waals surface area (Å²) in [5.74, 6) is 0. The fraction of sp³-hybridized carbons (Fsp3) is 0.263. The van der Waals surface area contributed by atoms with Gasteiger partial charge in [-0.25, -0.2) is 0 Å². The van der Waals surface area contributed by atoms with Crippen LogP contribution in [0.2, 0.25) is 10.5 Å². The van der Waals surface area contributed by atoms with E-state index in [1.54, 1.807) is 24.3 Å². The van der Waals surface area contributed by atoms with Gasteiger partial charge in [0, 0.05) is 0 Å². The van der Waals surface area contributed by atoms with E-state index in [0.717, 1.165) is 22.3 Å². The minimum absolute atomic E-state index is 0.0849. The van der Waals surface area contributed by atoms with Gasteiger partial charge in [-0.15, -0.1) is 0 Å². The summed E-state index contributed by atoms with van der Waals surface area (Å²) in [6, 6.07) is 12.8. The maximum absolute atomic E-state index is 13.8. The van der Waals surface area contributed by atoms with Crippen molar-refractivity contribution in [3.8, 4) is 22.3 Å². The second kappa shape index (κ2) is 12.0. The molecule has 4 aromatic carbocycles. The van der Waals surface area contributed by atoms with Gasteiger partial charge in [-0.1, -0.05) is 0 Å². The van der Waals surface area contributed by atoms with Crippen molar-refractivity contribution in [3.63, 3.8) is 0 Å². The van der Waals surface area contributed by atoms with Crippen molar-refractivity contribution >= 4 is 19.8 Å². The van der Waals surface area contributed by atoms with E-state index in [4.69, 9.17) is 0 Å². The van der Waals surface area contributed by atoms with E-state index in [0.29, 0.717) is 35.4 Å². The summed E-state index contributed by atoms with van der Waals surface area (Å²) in [7, 11) is 1.84. The normalized spacial score (nSPS) is 18.2. The monoisotopic (exact) mass is 790 g/mol. The number of hydrogen-bond acceptors (Lipinski definition) is 0. The van der Waals surface area contributed by atoms with Crippen LogP contribution in [0.15, 0.2) is 83.9 Å². The molecule has 0 amide bonds. The summed E-state index contributed by atoms with van der Waals surface area (Å²) in [6.45, 7) is 3.72. The average Bonchev–Trinajstić information content (AvgIpc) is 3.55. The Morgan fingerprint density at radius 2 is 0.769 bits per heavy atom. The summed E-state index contributed by atoms with van der Waals surface area (Å²) in [4.78, 5) is 0. The first-order valence-corrected chi connectivity index (χ1v) is 24.9. The SMILES string of the molecule is CC1=Cc2c(-c3cc(C(F)(F)F)cc(C(F)(F)F)c3)cccc2[CH]1[Ti]([CH3])([CH3])(=[SiH2])[CH]1C(C)=Cc2c(-c3cc(C(F)(F)F)cc(C(F)(F)F)c3)cccc21. The second-order valence-electron chi connectivity index (χ2n) is 14.8. The molecule has 0 bridgehead atoms. The fourth-order valence-electron chi connectivity index (χ4n) is 8.51. The van der Waals surface area contributed by atoms with E-state index in [2.05, 4.69) is 10.5 Å². The van der Waals surface area contributed by atoms with Gasteiger partial charge in [0.2, 0.25) is 0 Å². The van der Waals surface area contributed by atoms with Crippen molar-refractivity contribution in [2.75, 3.05) is 0 Å². The summed E-state index contributed by atoms with van der Waals surface area (Å²) in [5, 5.41) is 4.31. The van der Waals surface area contributed by atoms with Crippen molar-refractivity contribution in [2.24, 2.45) is 0 Å². The molecular weight excluding hydrogens is 760 g/mol. The maximum atomic E-state index is 13.8. The molecule has 0 aliphatic heterocycles. The van der Waals surface area contributed by atoms with Crippen LogP contribution in [0, 0.1) is 0 Å². The molecule has 0 heterocycles. The van der Waals surface area contributed by atoms with E-state index >= 15 is 0 Å². The van der Waals surface area contributed by atoms with Crippen LogP contribution in [0.1, 0.15) is 66.8 Å². The van der Waals surface area contributed by atoms with Crippen LogP contribution in [0.25, 0.3) is 34.4 Å². The Labute approximate surface area is 293 Å². The molecule has 0 fully saturated rings. The minimum atomic E-state index is -5.03. The van der Waals surface area contributed by atoms with Crippen LogP contribution in [-0.2, 0) is 38.7 Å². The number of allylic oxidation sites excluding steroid dienone is 2. The van der Waals surface area contributed by atoms with Crippen LogP contribution in [-0.4, -0.2) is 7.63 Å². The molecule has 274 valence electrons. The van der Waals surface area contributed by atoms with Crippen molar-refractivity contribution in [2.45, 2.75) is 57.5 Å². The molecule has 0 spiro atoms. The molecule has 0 radical (unpaired) electrons. The Morgan fingerprint density at radius 1 is 0.481 bits per heavy atom. The topological polar surface area (TPSA) is 0 Å². The third kappa shape index (κ3) is 6.61. The van der Waals surface area contributed by atoms with Gasteiger partial charge in [-0.3, -0.25) is 0 Å². The van der Waals surface area contributed by atoms with Gasteiger partial charge in [0.05, 0.1) is 0 Å². The van der Waals surface area contributed by atoms with Gasteiger partial charge in [0.15, 0.2) is 0 Å². The first kappa shape index (κ1) is 38.2. The average molecular weight is 791 g/mol. The Bertz CT molecular complexity index is 2040. The van der Waals surface area contributed by atoms with Gasteiger partial charge < -0.3 is 0 Å². The molecule has 2 atom stereocenters. The molecule has 4 aromatic rings. The molecule has 0 nitrogen and oxygen atoms in total. The molecule has 0 saturated carbocycles. The first-order chi connectivity index (χ1) is 23.7. The molecule has 2 aliphatic rings. The van der Waals surface area contributed by atoms with Crippen molar-refractivity contribution in [1.82, 2.24) is 0 Å². The Kier molecular flexibility index (Phi) is 8.80. The zero-order valence-corrected chi connectivity index (χ0v) is 31.0. The van der Waals surface area contributed by atoms with Gasteiger partial charge in [-0.2, -0.15) is 0 Å². The Balaban J connectivity index is 1.50. The van der Waals surface area contributed by atoms with Crippen LogP contribution in [0.4, 0.5) is 52.7 Å². The van der Waals surface area contributed by atoms with E-state index in [9.17, 15) is 52.7 Å². The van der Waals surface area contributed by atoms with Gasteiger partial charge in [-0.05, 0) is 0 Å². The van der Waals surface area contributed by atoms with Crippen molar-refractivity contribution in [3.05, 3.63) is 128 Å². The fourth-order valence-corrected chi connectivity index (χ4v) is 22.4. The van der Waals surface area contributed by atoms with Crippen LogP contribution >= 0.6 is 0 Å². The predicted octanol–water partition coefficient (Wildman–Crippen LogP) is 13.0. The van der Waals surface area contributed by atoms with Gasteiger partial charge >= 0.3 is 295 Å². The van der Waals surface area contributed by atoms with E-state index < -0.39 is 61.0 Å². The third-order valence-electron chi connectivity index (χ3n) is 10.3. The molecule has 0 aromatic heterocycles. The Hall–Kier alpha value is -3.55. The number of rotatable bonds is 4. The number of hydrogen-bond donors (Lipinski definition) is 0. The zero-order valence-electron chi connectivity index (χ0n) is 28.0. The molecule has 52 heavy (non-hydrogen) atoms. The number of alkyl halides is 12. The summed E-state index contributed by atoms with van der Waals surface area (Å²) < 4.78 is 165. The molecule has 6 rings (SSSR count). The number of fused-ring (bicyclic) bond motifs is 2. The van der Waals surface area contributed by atoms with Crippen molar-refractivity contribution < 1.29 is 66.7 Å². The molecule has 14 heteroatoms. The third-order valence-corrected chi connectivity index (χ3v) is 21.9. The quantitative estimate of drug-likeness (QED) is 0.143. The molecule has 0 saturated heterocycles. The molecule has 2 aliphatic carbocycles. The first-order valence-electron chi connectivity index (χ1n) is 16.0. The summed E-state index contributed by atoms with van der Waals surface area (Å²) in [6.07, 6.45) is -16.5. The number of halogens is 12. The predicted molar refractivity (Wildman–Crippen MR) is 177 cm³/mol. The van der Waals surface area contributed by atoms with Crippen LogP contribution < -0.4 is 0 Å². The van der Waals surface area contributed by atoms with Crippen LogP contribution in [0.5, 0.6) is 0 Å². The summed E-state index contributed by atoms with van der Waals surface area (Å²) in [5.41, 5.74) is -1.62. The van der Waals surface area contributed by atoms with Crippen molar-refractivity contribution in [1.29, 1.82) is 0 Å². The van der Waals surface area contributed by atoms with Gasteiger partial charge in [0.1, 0.15) is 0 Å². The molecule has 0 N–H and O–H groups in total. The molecular formula is C38H30F12SiTi. The van der Waals surface area contributed by atoms with Crippen LogP contribution in [0.3, 0.4) is 0 Å². The Morgan fingerprint density at radius 3 is 1.04 bits per heavy atom. The standard InChI is InChI=1S/2C18H11F6.2CH3.H2Si.Ti/c2*1-10-5-11-3-2-4-15(16(11)6-10)12-7-13(17(19,20)21)9-14(8-12)18(22,23)24;;;;/h2*2-9H,1H3;2*1H3;1H2;. The summed E-state index contributed by atoms with van der Waals surface area (Å²) >= 11 is -4.15. The molecule has 2 unspecified atom stereocenters. The van der Waals surface area contributed by atoms with Gasteiger partial charge in [0.25, 0.3) is 0 Å². The van der Waals surface area contributed by atoms with E-state index in [-0.39, 0.29) is 42.8 Å².